The number of nitrogens with one attached hydrogen (secondary N) is 1. The standard InChI is InChI=1S/C14H11BrClNO2/c15-12-6-9(4-5-13(12)16)8-17-11-3-1-2-10(7-11)14(18)19/h1-7,17H,8H2,(H,18,19). The summed E-state index contributed by atoms with van der Waals surface area (Å²) in [5.41, 5.74) is 2.09. The zero-order valence-electron chi connectivity index (χ0n) is 9.86. The van der Waals surface area contributed by atoms with Crippen LogP contribution in [0.2, 0.25) is 5.02 Å². The lowest BCUT2D eigenvalue weighted by atomic mass is 10.2. The van der Waals surface area contributed by atoms with Crippen LogP contribution in [-0.2, 0) is 6.54 Å². The van der Waals surface area contributed by atoms with E-state index in [0.29, 0.717) is 11.6 Å². The van der Waals surface area contributed by atoms with Gasteiger partial charge in [0, 0.05) is 16.7 Å². The Balaban J connectivity index is 2.07. The van der Waals surface area contributed by atoms with Gasteiger partial charge in [-0.15, -0.1) is 0 Å². The van der Waals surface area contributed by atoms with E-state index in [0.717, 1.165) is 15.7 Å². The number of carboxylic acid groups (broad SMARTS) is 1. The van der Waals surface area contributed by atoms with E-state index in [4.69, 9.17) is 16.7 Å². The number of aromatic carboxylic acids is 1. The number of rotatable bonds is 4. The quantitative estimate of drug-likeness (QED) is 0.866. The molecule has 2 aromatic carbocycles. The molecule has 2 aromatic rings. The van der Waals surface area contributed by atoms with E-state index in [-0.39, 0.29) is 5.56 Å². The van der Waals surface area contributed by atoms with Gasteiger partial charge in [0.25, 0.3) is 0 Å². The number of halogens is 2. The fourth-order valence-electron chi connectivity index (χ4n) is 1.62. The highest BCUT2D eigenvalue weighted by atomic mass is 79.9. The number of anilines is 1. The number of hydrogen-bond acceptors (Lipinski definition) is 2. The van der Waals surface area contributed by atoms with Gasteiger partial charge in [-0.3, -0.25) is 0 Å². The van der Waals surface area contributed by atoms with Gasteiger partial charge in [-0.25, -0.2) is 4.79 Å². The molecule has 0 saturated heterocycles. The minimum absolute atomic E-state index is 0.266. The van der Waals surface area contributed by atoms with Gasteiger partial charge in [-0.1, -0.05) is 23.7 Å². The van der Waals surface area contributed by atoms with Crippen molar-refractivity contribution in [3.8, 4) is 0 Å². The lowest BCUT2D eigenvalue weighted by Gasteiger charge is -2.08. The lowest BCUT2D eigenvalue weighted by molar-refractivity contribution is 0.0697. The molecule has 98 valence electrons. The van der Waals surface area contributed by atoms with Gasteiger partial charge in [0.1, 0.15) is 0 Å². The molecule has 3 nitrogen and oxygen atoms in total. The van der Waals surface area contributed by atoms with Crippen LogP contribution in [0.15, 0.2) is 46.9 Å². The smallest absolute Gasteiger partial charge is 0.335 e. The number of benzene rings is 2. The van der Waals surface area contributed by atoms with Gasteiger partial charge >= 0.3 is 5.97 Å². The van der Waals surface area contributed by atoms with Crippen molar-refractivity contribution < 1.29 is 9.90 Å². The Kier molecular flexibility index (Phi) is 4.45. The first kappa shape index (κ1) is 13.9. The van der Waals surface area contributed by atoms with Crippen molar-refractivity contribution >= 4 is 39.2 Å². The molecule has 0 aliphatic carbocycles. The van der Waals surface area contributed by atoms with Crippen LogP contribution in [0.3, 0.4) is 0 Å². The first-order chi connectivity index (χ1) is 9.06. The molecule has 5 heteroatoms. The van der Waals surface area contributed by atoms with Crippen LogP contribution < -0.4 is 5.32 Å². The van der Waals surface area contributed by atoms with Crippen LogP contribution in [0.25, 0.3) is 0 Å². The molecular weight excluding hydrogens is 330 g/mol. The van der Waals surface area contributed by atoms with Crippen LogP contribution >= 0.6 is 27.5 Å². The van der Waals surface area contributed by atoms with Gasteiger partial charge in [0.2, 0.25) is 0 Å². The summed E-state index contributed by atoms with van der Waals surface area (Å²) < 4.78 is 0.841. The van der Waals surface area contributed by atoms with Crippen molar-refractivity contribution in [1.29, 1.82) is 0 Å². The molecule has 19 heavy (non-hydrogen) atoms. The molecule has 0 aliphatic rings. The van der Waals surface area contributed by atoms with E-state index in [1.54, 1.807) is 18.2 Å². The van der Waals surface area contributed by atoms with E-state index in [1.807, 2.05) is 24.3 Å². The van der Waals surface area contributed by atoms with Gasteiger partial charge in [0.05, 0.1) is 10.6 Å². The molecular formula is C14H11BrClNO2. The Morgan fingerprint density at radius 1 is 1.26 bits per heavy atom. The number of carbonyl (C=O) groups is 1. The summed E-state index contributed by atoms with van der Waals surface area (Å²) in [6, 6.07) is 12.4. The topological polar surface area (TPSA) is 49.3 Å². The number of hydrogen-bond donors (Lipinski definition) is 2. The third-order valence-electron chi connectivity index (χ3n) is 2.59. The Bertz CT molecular complexity index is 616. The van der Waals surface area contributed by atoms with Gasteiger partial charge in [-0.2, -0.15) is 0 Å². The van der Waals surface area contributed by atoms with Crippen LogP contribution in [-0.4, -0.2) is 11.1 Å². The fraction of sp³-hybridized carbons (Fsp3) is 0.0714. The predicted molar refractivity (Wildman–Crippen MR) is 79.9 cm³/mol. The van der Waals surface area contributed by atoms with Crippen molar-refractivity contribution in [1.82, 2.24) is 0 Å². The van der Waals surface area contributed by atoms with E-state index in [2.05, 4.69) is 21.2 Å². The van der Waals surface area contributed by atoms with Crippen LogP contribution in [0, 0.1) is 0 Å². The summed E-state index contributed by atoms with van der Waals surface area (Å²) in [6.07, 6.45) is 0. The highest BCUT2D eigenvalue weighted by Crippen LogP contribution is 2.23. The van der Waals surface area contributed by atoms with Crippen molar-refractivity contribution in [2.45, 2.75) is 6.54 Å². The summed E-state index contributed by atoms with van der Waals surface area (Å²) in [7, 11) is 0. The second kappa shape index (κ2) is 6.08. The summed E-state index contributed by atoms with van der Waals surface area (Å²) >= 11 is 9.29. The summed E-state index contributed by atoms with van der Waals surface area (Å²) in [6.45, 7) is 0.596. The minimum atomic E-state index is -0.933. The van der Waals surface area contributed by atoms with Crippen molar-refractivity contribution in [2.24, 2.45) is 0 Å². The van der Waals surface area contributed by atoms with Gasteiger partial charge in [0.15, 0.2) is 0 Å². The van der Waals surface area contributed by atoms with Crippen molar-refractivity contribution in [3.63, 3.8) is 0 Å². The molecule has 0 fully saturated rings. The average Bonchev–Trinajstić information content (AvgIpc) is 2.40. The third kappa shape index (κ3) is 3.72. The Morgan fingerprint density at radius 2 is 2.05 bits per heavy atom. The average molecular weight is 341 g/mol. The molecule has 0 bridgehead atoms. The van der Waals surface area contributed by atoms with Crippen LogP contribution in [0.1, 0.15) is 15.9 Å². The molecule has 2 N–H and O–H groups in total. The molecule has 0 unspecified atom stereocenters. The van der Waals surface area contributed by atoms with E-state index < -0.39 is 5.97 Å². The van der Waals surface area contributed by atoms with Gasteiger partial charge in [-0.05, 0) is 51.8 Å². The minimum Gasteiger partial charge on any atom is -0.478 e. The second-order valence-corrected chi connectivity index (χ2v) is 5.25. The molecule has 0 aromatic heterocycles. The van der Waals surface area contributed by atoms with Crippen molar-refractivity contribution in [3.05, 3.63) is 63.1 Å². The third-order valence-corrected chi connectivity index (χ3v) is 3.80. The zero-order chi connectivity index (χ0) is 13.8. The Hall–Kier alpha value is -1.52. The Morgan fingerprint density at radius 3 is 2.74 bits per heavy atom. The normalized spacial score (nSPS) is 10.2. The lowest BCUT2D eigenvalue weighted by Crippen LogP contribution is -2.02. The summed E-state index contributed by atoms with van der Waals surface area (Å²) in [4.78, 5) is 10.9. The molecule has 0 spiro atoms. The largest absolute Gasteiger partial charge is 0.478 e. The SMILES string of the molecule is O=C(O)c1cccc(NCc2ccc(Cl)c(Br)c2)c1. The molecule has 0 atom stereocenters. The maximum atomic E-state index is 10.9. The fourth-order valence-corrected chi connectivity index (χ4v) is 2.16. The molecule has 0 saturated carbocycles. The second-order valence-electron chi connectivity index (χ2n) is 3.99. The monoisotopic (exact) mass is 339 g/mol. The maximum absolute atomic E-state index is 10.9. The number of carboxylic acids is 1. The van der Waals surface area contributed by atoms with Crippen LogP contribution in [0.4, 0.5) is 5.69 Å². The maximum Gasteiger partial charge on any atom is 0.335 e. The van der Waals surface area contributed by atoms with E-state index >= 15 is 0 Å². The summed E-state index contributed by atoms with van der Waals surface area (Å²) in [5.74, 6) is -0.933. The van der Waals surface area contributed by atoms with Crippen molar-refractivity contribution in [2.75, 3.05) is 5.32 Å². The molecule has 2 rings (SSSR count). The highest BCUT2D eigenvalue weighted by molar-refractivity contribution is 9.10. The first-order valence-electron chi connectivity index (χ1n) is 5.57. The molecule has 0 radical (unpaired) electrons. The van der Waals surface area contributed by atoms with Gasteiger partial charge < -0.3 is 10.4 Å². The van der Waals surface area contributed by atoms with E-state index in [9.17, 15) is 4.79 Å². The highest BCUT2D eigenvalue weighted by Gasteiger charge is 2.03. The predicted octanol–water partition coefficient (Wildman–Crippen LogP) is 4.41. The first-order valence-corrected chi connectivity index (χ1v) is 6.74. The Labute approximate surface area is 124 Å². The molecule has 0 aliphatic heterocycles. The molecule has 0 heterocycles. The molecule has 0 amide bonds. The summed E-state index contributed by atoms with van der Waals surface area (Å²) in [5, 5.41) is 12.8. The van der Waals surface area contributed by atoms with E-state index in [1.165, 1.54) is 0 Å². The van der Waals surface area contributed by atoms with Crippen LogP contribution in [0.5, 0.6) is 0 Å². The zero-order valence-corrected chi connectivity index (χ0v) is 12.2.